The Balaban J connectivity index is 2.74. The summed E-state index contributed by atoms with van der Waals surface area (Å²) < 4.78 is 5.18. The number of ether oxygens (including phenoxy) is 1. The maximum Gasteiger partial charge on any atom is 0.166 e. The summed E-state index contributed by atoms with van der Waals surface area (Å²) >= 11 is 1.81. The third kappa shape index (κ3) is 1.02. The molecule has 2 unspecified atom stereocenters. The number of rotatable bonds is 1. The zero-order valence-electron chi connectivity index (χ0n) is 6.26. The van der Waals surface area contributed by atoms with E-state index in [0.717, 1.165) is 12.2 Å². The Morgan fingerprint density at radius 2 is 2.50 bits per heavy atom. The van der Waals surface area contributed by atoms with Gasteiger partial charge in [-0.3, -0.25) is 0 Å². The number of hydrogen-bond donors (Lipinski definition) is 0. The average molecular weight is 157 g/mol. The van der Waals surface area contributed by atoms with Crippen LogP contribution in [0, 0.1) is 11.3 Å². The van der Waals surface area contributed by atoms with Crippen LogP contribution in [0.4, 0.5) is 0 Å². The molecule has 56 valence electrons. The van der Waals surface area contributed by atoms with E-state index in [1.807, 2.05) is 6.92 Å². The molecule has 0 aliphatic carbocycles. The molecular weight excluding hydrogens is 146 g/mol. The fraction of sp³-hybridized carbons (Fsp3) is 0.857. The molecule has 0 spiro atoms. The minimum atomic E-state index is -0.495. The van der Waals surface area contributed by atoms with Gasteiger partial charge >= 0.3 is 0 Å². The van der Waals surface area contributed by atoms with Gasteiger partial charge in [-0.15, -0.1) is 0 Å². The van der Waals surface area contributed by atoms with E-state index in [0.29, 0.717) is 5.25 Å². The summed E-state index contributed by atoms with van der Waals surface area (Å²) in [6.07, 6.45) is 0.867. The van der Waals surface area contributed by atoms with Crippen molar-refractivity contribution < 1.29 is 4.74 Å². The van der Waals surface area contributed by atoms with E-state index in [-0.39, 0.29) is 0 Å². The SMILES string of the molecule is COC1(C#N)CCSC1C. The first-order valence-electron chi connectivity index (χ1n) is 3.33. The molecule has 2 atom stereocenters. The molecule has 1 aliphatic heterocycles. The molecule has 3 heteroatoms. The number of hydrogen-bond acceptors (Lipinski definition) is 3. The van der Waals surface area contributed by atoms with E-state index < -0.39 is 5.60 Å². The van der Waals surface area contributed by atoms with Crippen molar-refractivity contribution in [3.8, 4) is 6.07 Å². The molecule has 10 heavy (non-hydrogen) atoms. The minimum Gasteiger partial charge on any atom is -0.362 e. The summed E-state index contributed by atoms with van der Waals surface area (Å²) in [5.74, 6) is 1.04. The van der Waals surface area contributed by atoms with Crippen molar-refractivity contribution in [3.63, 3.8) is 0 Å². The summed E-state index contributed by atoms with van der Waals surface area (Å²) in [5, 5.41) is 9.12. The molecule has 2 nitrogen and oxygen atoms in total. The molecule has 0 amide bonds. The summed E-state index contributed by atoms with van der Waals surface area (Å²) in [4.78, 5) is 0. The van der Waals surface area contributed by atoms with Crippen molar-refractivity contribution in [1.29, 1.82) is 5.26 Å². The van der Waals surface area contributed by atoms with Crippen LogP contribution in [0.2, 0.25) is 0 Å². The van der Waals surface area contributed by atoms with Gasteiger partial charge in [0.25, 0.3) is 0 Å². The highest BCUT2D eigenvalue weighted by atomic mass is 32.2. The Bertz CT molecular complexity index is 165. The van der Waals surface area contributed by atoms with Crippen LogP contribution in [-0.2, 0) is 4.74 Å². The zero-order chi connectivity index (χ0) is 7.61. The van der Waals surface area contributed by atoms with Gasteiger partial charge in [0.1, 0.15) is 0 Å². The fourth-order valence-corrected chi connectivity index (χ4v) is 2.50. The second kappa shape index (κ2) is 2.81. The zero-order valence-corrected chi connectivity index (χ0v) is 7.07. The highest BCUT2D eigenvalue weighted by Crippen LogP contribution is 2.37. The molecule has 0 saturated carbocycles. The Morgan fingerprint density at radius 1 is 1.80 bits per heavy atom. The average Bonchev–Trinajstić information content (AvgIpc) is 2.32. The van der Waals surface area contributed by atoms with Crippen LogP contribution in [0.3, 0.4) is 0 Å². The van der Waals surface area contributed by atoms with Crippen LogP contribution in [0.15, 0.2) is 0 Å². The fourth-order valence-electron chi connectivity index (χ4n) is 1.19. The largest absolute Gasteiger partial charge is 0.362 e. The lowest BCUT2D eigenvalue weighted by molar-refractivity contribution is 0.0442. The van der Waals surface area contributed by atoms with E-state index in [2.05, 4.69) is 6.07 Å². The van der Waals surface area contributed by atoms with Crippen molar-refractivity contribution in [2.75, 3.05) is 12.9 Å². The highest BCUT2D eigenvalue weighted by Gasteiger charge is 2.41. The number of methoxy groups -OCH3 is 1. The topological polar surface area (TPSA) is 33.0 Å². The van der Waals surface area contributed by atoms with Crippen LogP contribution < -0.4 is 0 Å². The molecule has 1 saturated heterocycles. The summed E-state index contributed by atoms with van der Waals surface area (Å²) in [6, 6.07) is 2.23. The minimum absolute atomic E-state index is 0.322. The van der Waals surface area contributed by atoms with E-state index in [1.165, 1.54) is 0 Å². The van der Waals surface area contributed by atoms with E-state index in [4.69, 9.17) is 10.00 Å². The van der Waals surface area contributed by atoms with Gasteiger partial charge in [-0.2, -0.15) is 17.0 Å². The summed E-state index contributed by atoms with van der Waals surface area (Å²) in [7, 11) is 1.62. The second-order valence-electron chi connectivity index (χ2n) is 2.47. The van der Waals surface area contributed by atoms with Crippen LogP contribution in [0.1, 0.15) is 13.3 Å². The molecule has 1 heterocycles. The Labute approximate surface area is 65.6 Å². The van der Waals surface area contributed by atoms with Crippen molar-refractivity contribution in [3.05, 3.63) is 0 Å². The number of nitrogens with zero attached hydrogens (tertiary/aromatic N) is 1. The summed E-state index contributed by atoms with van der Waals surface area (Å²) in [5.41, 5.74) is -0.495. The first-order chi connectivity index (χ1) is 4.75. The van der Waals surface area contributed by atoms with E-state index in [9.17, 15) is 0 Å². The van der Waals surface area contributed by atoms with Crippen molar-refractivity contribution in [2.24, 2.45) is 0 Å². The summed E-state index contributed by atoms with van der Waals surface area (Å²) in [6.45, 7) is 2.05. The van der Waals surface area contributed by atoms with Crippen LogP contribution >= 0.6 is 11.8 Å². The maximum atomic E-state index is 8.80. The lowest BCUT2D eigenvalue weighted by Gasteiger charge is -2.22. The molecule has 0 aromatic rings. The van der Waals surface area contributed by atoms with Gasteiger partial charge in [-0.05, 0) is 19.1 Å². The van der Waals surface area contributed by atoms with Gasteiger partial charge in [-0.25, -0.2) is 0 Å². The molecule has 0 bridgehead atoms. The highest BCUT2D eigenvalue weighted by molar-refractivity contribution is 8.00. The van der Waals surface area contributed by atoms with Crippen molar-refractivity contribution in [2.45, 2.75) is 24.2 Å². The van der Waals surface area contributed by atoms with E-state index >= 15 is 0 Å². The van der Waals surface area contributed by atoms with Crippen LogP contribution in [0.25, 0.3) is 0 Å². The third-order valence-electron chi connectivity index (χ3n) is 2.05. The molecule has 1 aliphatic rings. The van der Waals surface area contributed by atoms with Gasteiger partial charge < -0.3 is 4.74 Å². The van der Waals surface area contributed by atoms with Gasteiger partial charge in [0, 0.05) is 12.4 Å². The van der Waals surface area contributed by atoms with Crippen LogP contribution in [-0.4, -0.2) is 23.7 Å². The second-order valence-corrected chi connectivity index (χ2v) is 3.92. The predicted molar refractivity (Wildman–Crippen MR) is 41.9 cm³/mol. The van der Waals surface area contributed by atoms with Gasteiger partial charge in [0.15, 0.2) is 5.60 Å². The lowest BCUT2D eigenvalue weighted by Crippen LogP contribution is -2.34. The molecule has 0 aromatic carbocycles. The quantitative estimate of drug-likeness (QED) is 0.577. The molecule has 0 radical (unpaired) electrons. The van der Waals surface area contributed by atoms with Gasteiger partial charge in [0.05, 0.1) is 6.07 Å². The Morgan fingerprint density at radius 3 is 2.70 bits per heavy atom. The molecule has 0 N–H and O–H groups in total. The molecule has 1 rings (SSSR count). The standard InChI is InChI=1S/C7H11NOS/c1-6-7(5-8,9-2)3-4-10-6/h6H,3-4H2,1-2H3. The predicted octanol–water partition coefficient (Wildman–Crippen LogP) is 1.42. The first kappa shape index (κ1) is 7.90. The lowest BCUT2D eigenvalue weighted by atomic mass is 9.99. The van der Waals surface area contributed by atoms with Crippen LogP contribution in [0.5, 0.6) is 0 Å². The van der Waals surface area contributed by atoms with Gasteiger partial charge in [-0.1, -0.05) is 0 Å². The number of nitriles is 1. The Hall–Kier alpha value is -0.200. The van der Waals surface area contributed by atoms with E-state index in [1.54, 1.807) is 18.9 Å². The number of thioether (sulfide) groups is 1. The third-order valence-corrected chi connectivity index (χ3v) is 3.37. The van der Waals surface area contributed by atoms with Gasteiger partial charge in [0.2, 0.25) is 0 Å². The van der Waals surface area contributed by atoms with Crippen molar-refractivity contribution >= 4 is 11.8 Å². The molecule has 1 fully saturated rings. The smallest absolute Gasteiger partial charge is 0.166 e. The normalized spacial score (nSPS) is 39.5. The monoisotopic (exact) mass is 157 g/mol. The van der Waals surface area contributed by atoms with Crippen molar-refractivity contribution in [1.82, 2.24) is 0 Å². The maximum absolute atomic E-state index is 8.80. The Kier molecular flexibility index (Phi) is 2.22. The first-order valence-corrected chi connectivity index (χ1v) is 4.38. The molecular formula is C7H11NOS. The molecule has 0 aromatic heterocycles.